The van der Waals surface area contributed by atoms with Crippen LogP contribution < -0.4 is 4.74 Å². The number of carboxylic acid groups (broad SMARTS) is 1. The third-order valence-corrected chi connectivity index (χ3v) is 3.49. The fourth-order valence-electron chi connectivity index (χ4n) is 2.87. The van der Waals surface area contributed by atoms with Gasteiger partial charge in [-0.05, 0) is 12.0 Å². The average Bonchev–Trinajstić information content (AvgIpc) is 2.27. The molecule has 0 bridgehead atoms. The number of ether oxygens (including phenoxy) is 1. The molecule has 0 unspecified atom stereocenters. The number of hydrogen-bond donors (Lipinski definition) is 2. The van der Waals surface area contributed by atoms with Gasteiger partial charge < -0.3 is 14.9 Å². The summed E-state index contributed by atoms with van der Waals surface area (Å²) in [6.45, 7) is 3.66. The fraction of sp³-hybridized carbons (Fsp3) is 0.500. The van der Waals surface area contributed by atoms with Gasteiger partial charge in [0.2, 0.25) is 0 Å². The Bertz CT molecular complexity index is 500. The highest BCUT2D eigenvalue weighted by atomic mass is 19.1. The molecule has 2 atom stereocenters. The molecule has 0 aromatic heterocycles. The molecule has 1 aliphatic rings. The highest BCUT2D eigenvalue weighted by Gasteiger charge is 2.46. The normalized spacial score (nSPS) is 25.8. The van der Waals surface area contributed by atoms with Crippen molar-refractivity contribution in [2.45, 2.75) is 31.8 Å². The Morgan fingerprint density at radius 3 is 2.84 bits per heavy atom. The maximum absolute atomic E-state index is 13.2. The minimum Gasteiger partial charge on any atom is -0.490 e. The van der Waals surface area contributed by atoms with Crippen molar-refractivity contribution >= 4 is 5.97 Å². The molecule has 1 aliphatic heterocycles. The third kappa shape index (κ3) is 2.56. The van der Waals surface area contributed by atoms with Crippen LogP contribution in [0.5, 0.6) is 5.75 Å². The molecule has 1 heterocycles. The highest BCUT2D eigenvalue weighted by molar-refractivity contribution is 5.68. The number of halogens is 1. The van der Waals surface area contributed by atoms with Crippen LogP contribution in [0.15, 0.2) is 18.2 Å². The standard InChI is InChI=1S/C14H17FO4/c1-8(2)13-10-4-3-9(15)5-11(10)19-7-14(13,18)6-12(16)17/h3-5,8,13,18H,6-7H2,1-2H3,(H,16,17)/t13-,14+/m0/s1. The number of aliphatic hydroxyl groups is 1. The average molecular weight is 268 g/mol. The Morgan fingerprint density at radius 1 is 1.58 bits per heavy atom. The van der Waals surface area contributed by atoms with E-state index >= 15 is 0 Å². The van der Waals surface area contributed by atoms with E-state index in [1.165, 1.54) is 12.1 Å². The molecule has 0 saturated heterocycles. The lowest BCUT2D eigenvalue weighted by molar-refractivity contribution is -0.147. The maximum atomic E-state index is 13.2. The topological polar surface area (TPSA) is 66.8 Å². The summed E-state index contributed by atoms with van der Waals surface area (Å²) in [5.74, 6) is -1.49. The number of benzene rings is 1. The molecule has 0 spiro atoms. The predicted octanol–water partition coefficient (Wildman–Crippen LogP) is 2.16. The second-order valence-electron chi connectivity index (χ2n) is 5.37. The van der Waals surface area contributed by atoms with Gasteiger partial charge in [0.15, 0.2) is 0 Å². The Labute approximate surface area is 110 Å². The molecular formula is C14H17FO4. The van der Waals surface area contributed by atoms with Crippen LogP contribution in [0.3, 0.4) is 0 Å². The van der Waals surface area contributed by atoms with Crippen molar-refractivity contribution in [1.29, 1.82) is 0 Å². The van der Waals surface area contributed by atoms with Crippen LogP contribution in [0.4, 0.5) is 4.39 Å². The zero-order valence-electron chi connectivity index (χ0n) is 10.9. The van der Waals surface area contributed by atoms with Gasteiger partial charge >= 0.3 is 5.97 Å². The Hall–Kier alpha value is -1.62. The summed E-state index contributed by atoms with van der Waals surface area (Å²) in [6, 6.07) is 4.12. The second kappa shape index (κ2) is 4.81. The van der Waals surface area contributed by atoms with Crippen molar-refractivity contribution in [2.75, 3.05) is 6.61 Å². The summed E-state index contributed by atoms with van der Waals surface area (Å²) in [6.07, 6.45) is -0.396. The maximum Gasteiger partial charge on any atom is 0.306 e. The van der Waals surface area contributed by atoms with Gasteiger partial charge in [-0.1, -0.05) is 19.9 Å². The zero-order chi connectivity index (χ0) is 14.2. The van der Waals surface area contributed by atoms with E-state index in [-0.39, 0.29) is 12.5 Å². The molecule has 0 fully saturated rings. The molecule has 2 N–H and O–H groups in total. The van der Waals surface area contributed by atoms with Crippen LogP contribution in [0, 0.1) is 11.7 Å². The van der Waals surface area contributed by atoms with Crippen LogP contribution in [0.25, 0.3) is 0 Å². The summed E-state index contributed by atoms with van der Waals surface area (Å²) in [4.78, 5) is 10.9. The number of carbonyl (C=O) groups is 1. The molecule has 0 radical (unpaired) electrons. The first-order chi connectivity index (χ1) is 8.83. The summed E-state index contributed by atoms with van der Waals surface area (Å²) in [5, 5.41) is 19.5. The van der Waals surface area contributed by atoms with Crippen LogP contribution >= 0.6 is 0 Å². The van der Waals surface area contributed by atoms with Crippen LogP contribution in [0.2, 0.25) is 0 Å². The molecule has 1 aromatic rings. The molecule has 5 heteroatoms. The Kier molecular flexibility index (Phi) is 3.49. The van der Waals surface area contributed by atoms with Crippen molar-refractivity contribution in [3.63, 3.8) is 0 Å². The van der Waals surface area contributed by atoms with Crippen molar-refractivity contribution in [3.8, 4) is 5.75 Å². The van der Waals surface area contributed by atoms with E-state index in [9.17, 15) is 14.3 Å². The third-order valence-electron chi connectivity index (χ3n) is 3.49. The highest BCUT2D eigenvalue weighted by Crippen LogP contribution is 2.45. The van der Waals surface area contributed by atoms with E-state index in [0.717, 1.165) is 0 Å². The van der Waals surface area contributed by atoms with Gasteiger partial charge in [-0.3, -0.25) is 4.79 Å². The lowest BCUT2D eigenvalue weighted by Crippen LogP contribution is -2.48. The molecule has 2 rings (SSSR count). The molecule has 104 valence electrons. The minimum atomic E-state index is -1.47. The number of rotatable bonds is 3. The lowest BCUT2D eigenvalue weighted by Gasteiger charge is -2.42. The van der Waals surface area contributed by atoms with Crippen molar-refractivity contribution in [1.82, 2.24) is 0 Å². The first-order valence-electron chi connectivity index (χ1n) is 6.20. The van der Waals surface area contributed by atoms with Gasteiger partial charge in [-0.2, -0.15) is 0 Å². The molecule has 0 saturated carbocycles. The molecule has 0 amide bonds. The van der Waals surface area contributed by atoms with Gasteiger partial charge in [0.05, 0.1) is 6.42 Å². The van der Waals surface area contributed by atoms with Gasteiger partial charge in [-0.15, -0.1) is 0 Å². The molecular weight excluding hydrogens is 251 g/mol. The number of carboxylic acids is 1. The quantitative estimate of drug-likeness (QED) is 0.881. The van der Waals surface area contributed by atoms with E-state index in [0.29, 0.717) is 11.3 Å². The van der Waals surface area contributed by atoms with Crippen LogP contribution in [-0.2, 0) is 4.79 Å². The molecule has 4 nitrogen and oxygen atoms in total. The number of hydrogen-bond acceptors (Lipinski definition) is 3. The van der Waals surface area contributed by atoms with E-state index in [4.69, 9.17) is 9.84 Å². The van der Waals surface area contributed by atoms with E-state index in [2.05, 4.69) is 0 Å². The second-order valence-corrected chi connectivity index (χ2v) is 5.37. The van der Waals surface area contributed by atoms with E-state index < -0.39 is 29.7 Å². The Balaban J connectivity index is 2.46. The minimum absolute atomic E-state index is 0.0115. The Morgan fingerprint density at radius 2 is 2.26 bits per heavy atom. The lowest BCUT2D eigenvalue weighted by atomic mass is 9.72. The van der Waals surface area contributed by atoms with Crippen LogP contribution in [0.1, 0.15) is 31.7 Å². The van der Waals surface area contributed by atoms with E-state index in [1.54, 1.807) is 6.07 Å². The van der Waals surface area contributed by atoms with Gasteiger partial charge in [0.25, 0.3) is 0 Å². The zero-order valence-corrected chi connectivity index (χ0v) is 10.9. The van der Waals surface area contributed by atoms with Gasteiger partial charge in [0.1, 0.15) is 23.8 Å². The molecule has 19 heavy (non-hydrogen) atoms. The molecule has 0 aliphatic carbocycles. The van der Waals surface area contributed by atoms with Gasteiger partial charge in [0, 0.05) is 17.5 Å². The molecule has 1 aromatic carbocycles. The predicted molar refractivity (Wildman–Crippen MR) is 66.7 cm³/mol. The van der Waals surface area contributed by atoms with E-state index in [1.807, 2.05) is 13.8 Å². The fourth-order valence-corrected chi connectivity index (χ4v) is 2.87. The van der Waals surface area contributed by atoms with Crippen molar-refractivity contribution < 1.29 is 24.1 Å². The number of aliphatic carboxylic acids is 1. The number of fused-ring (bicyclic) bond motifs is 1. The van der Waals surface area contributed by atoms with Gasteiger partial charge in [-0.25, -0.2) is 4.39 Å². The first-order valence-corrected chi connectivity index (χ1v) is 6.20. The smallest absolute Gasteiger partial charge is 0.306 e. The van der Waals surface area contributed by atoms with Crippen LogP contribution in [-0.4, -0.2) is 28.4 Å². The summed E-state index contributed by atoms with van der Waals surface area (Å²) in [5.41, 5.74) is -0.809. The summed E-state index contributed by atoms with van der Waals surface area (Å²) < 4.78 is 18.5. The first kappa shape index (κ1) is 13.8. The SMILES string of the molecule is CC(C)[C@H]1c2ccc(F)cc2OC[C@]1(O)CC(=O)O. The monoisotopic (exact) mass is 268 g/mol. The van der Waals surface area contributed by atoms with Crippen molar-refractivity contribution in [2.24, 2.45) is 5.92 Å². The summed E-state index contributed by atoms with van der Waals surface area (Å²) in [7, 11) is 0. The largest absolute Gasteiger partial charge is 0.490 e. The van der Waals surface area contributed by atoms with Crippen molar-refractivity contribution in [3.05, 3.63) is 29.6 Å². The summed E-state index contributed by atoms with van der Waals surface area (Å²) >= 11 is 0.